The third-order valence-corrected chi connectivity index (χ3v) is 2.42. The predicted molar refractivity (Wildman–Crippen MR) is 55.2 cm³/mol. The molecular formula is C12H10NNaO2. The fourth-order valence-corrected chi connectivity index (χ4v) is 1.44. The molecule has 16 heavy (non-hydrogen) atoms. The standard InChI is InChI=1S/C12H11NO2.Na/c1-8(12(14)15)10-7-6-9-4-2-3-5-11(9)13-10;/h2-8H,1H3,(H,14,15);/q;+1/p-1. The number of aliphatic carboxylic acids is 1. The van der Waals surface area contributed by atoms with E-state index in [2.05, 4.69) is 4.98 Å². The van der Waals surface area contributed by atoms with Crippen LogP contribution in [0.25, 0.3) is 10.9 Å². The Labute approximate surface area is 116 Å². The second-order valence-corrected chi connectivity index (χ2v) is 3.47. The van der Waals surface area contributed by atoms with Gasteiger partial charge in [0.25, 0.3) is 0 Å². The Morgan fingerprint density at radius 2 is 1.94 bits per heavy atom. The molecule has 4 heteroatoms. The molecule has 2 aromatic rings. The van der Waals surface area contributed by atoms with Gasteiger partial charge in [-0.2, -0.15) is 0 Å². The van der Waals surface area contributed by atoms with Crippen LogP contribution >= 0.6 is 0 Å². The summed E-state index contributed by atoms with van der Waals surface area (Å²) in [7, 11) is 0. The molecular weight excluding hydrogens is 213 g/mol. The van der Waals surface area contributed by atoms with E-state index in [0.29, 0.717) is 5.69 Å². The Balaban J connectivity index is 0.00000128. The first-order valence-electron chi connectivity index (χ1n) is 4.75. The predicted octanol–water partition coefficient (Wildman–Crippen LogP) is -1.91. The molecule has 0 bridgehead atoms. The summed E-state index contributed by atoms with van der Waals surface area (Å²) in [6.45, 7) is 1.58. The summed E-state index contributed by atoms with van der Waals surface area (Å²) in [5.41, 5.74) is 1.34. The topological polar surface area (TPSA) is 53.0 Å². The molecule has 1 heterocycles. The van der Waals surface area contributed by atoms with Gasteiger partial charge in [0.15, 0.2) is 0 Å². The number of carboxylic acid groups (broad SMARTS) is 1. The summed E-state index contributed by atoms with van der Waals surface area (Å²) >= 11 is 0. The second kappa shape index (κ2) is 5.43. The van der Waals surface area contributed by atoms with E-state index in [1.54, 1.807) is 13.0 Å². The molecule has 1 unspecified atom stereocenters. The van der Waals surface area contributed by atoms with Crippen LogP contribution in [0.1, 0.15) is 18.5 Å². The normalized spacial score (nSPS) is 11.8. The van der Waals surface area contributed by atoms with E-state index < -0.39 is 11.9 Å². The monoisotopic (exact) mass is 223 g/mol. The number of benzene rings is 1. The maximum atomic E-state index is 10.7. The van der Waals surface area contributed by atoms with E-state index in [4.69, 9.17) is 0 Å². The minimum atomic E-state index is -1.10. The molecule has 1 aromatic heterocycles. The van der Waals surface area contributed by atoms with Gasteiger partial charge in [-0.15, -0.1) is 0 Å². The zero-order valence-electron chi connectivity index (χ0n) is 9.31. The zero-order valence-corrected chi connectivity index (χ0v) is 11.3. The molecule has 0 saturated heterocycles. The Morgan fingerprint density at radius 1 is 1.25 bits per heavy atom. The second-order valence-electron chi connectivity index (χ2n) is 3.47. The molecule has 1 aromatic carbocycles. The van der Waals surface area contributed by atoms with E-state index in [0.717, 1.165) is 10.9 Å². The Morgan fingerprint density at radius 3 is 2.62 bits per heavy atom. The van der Waals surface area contributed by atoms with Crippen LogP contribution in [0.4, 0.5) is 0 Å². The van der Waals surface area contributed by atoms with Gasteiger partial charge in [-0.1, -0.05) is 31.2 Å². The smallest absolute Gasteiger partial charge is 0.549 e. The number of nitrogens with zero attached hydrogens (tertiary/aromatic N) is 1. The molecule has 2 rings (SSSR count). The fraction of sp³-hybridized carbons (Fsp3) is 0.167. The van der Waals surface area contributed by atoms with Gasteiger partial charge in [0.05, 0.1) is 11.5 Å². The van der Waals surface area contributed by atoms with Crippen molar-refractivity contribution in [2.24, 2.45) is 0 Å². The van der Waals surface area contributed by atoms with Crippen molar-refractivity contribution < 1.29 is 39.5 Å². The molecule has 0 aliphatic heterocycles. The van der Waals surface area contributed by atoms with Crippen LogP contribution in [0.5, 0.6) is 0 Å². The first-order valence-corrected chi connectivity index (χ1v) is 4.75. The van der Waals surface area contributed by atoms with Crippen molar-refractivity contribution >= 4 is 16.9 Å². The van der Waals surface area contributed by atoms with Crippen LogP contribution in [0.2, 0.25) is 0 Å². The van der Waals surface area contributed by atoms with Gasteiger partial charge >= 0.3 is 29.6 Å². The summed E-state index contributed by atoms with van der Waals surface area (Å²) in [6, 6.07) is 11.2. The number of pyridine rings is 1. The van der Waals surface area contributed by atoms with Gasteiger partial charge in [0, 0.05) is 17.0 Å². The first kappa shape index (κ1) is 13.2. The Kier molecular flexibility index (Phi) is 4.47. The number of carboxylic acids is 1. The Bertz CT molecular complexity index is 513. The minimum absolute atomic E-state index is 0. The van der Waals surface area contributed by atoms with Crippen LogP contribution in [-0.2, 0) is 4.79 Å². The van der Waals surface area contributed by atoms with Gasteiger partial charge in [-0.05, 0) is 12.1 Å². The first-order chi connectivity index (χ1) is 7.18. The van der Waals surface area contributed by atoms with E-state index in [9.17, 15) is 9.90 Å². The van der Waals surface area contributed by atoms with Crippen molar-refractivity contribution in [3.63, 3.8) is 0 Å². The summed E-state index contributed by atoms with van der Waals surface area (Å²) in [5.74, 6) is -1.77. The average molecular weight is 223 g/mol. The molecule has 0 aliphatic carbocycles. The number of hydrogen-bond acceptors (Lipinski definition) is 3. The van der Waals surface area contributed by atoms with E-state index >= 15 is 0 Å². The minimum Gasteiger partial charge on any atom is -0.549 e. The van der Waals surface area contributed by atoms with E-state index in [-0.39, 0.29) is 29.6 Å². The van der Waals surface area contributed by atoms with E-state index in [1.807, 2.05) is 30.3 Å². The molecule has 0 aliphatic rings. The zero-order chi connectivity index (χ0) is 10.8. The molecule has 3 nitrogen and oxygen atoms in total. The summed E-state index contributed by atoms with van der Waals surface area (Å²) in [6.07, 6.45) is 0. The van der Waals surface area contributed by atoms with Crippen molar-refractivity contribution in [3.8, 4) is 0 Å². The number of fused-ring (bicyclic) bond motifs is 1. The third-order valence-electron chi connectivity index (χ3n) is 2.42. The molecule has 0 amide bonds. The van der Waals surface area contributed by atoms with Crippen LogP contribution in [0.3, 0.4) is 0 Å². The van der Waals surface area contributed by atoms with Gasteiger partial charge in [-0.3, -0.25) is 4.98 Å². The van der Waals surface area contributed by atoms with Crippen molar-refractivity contribution in [2.45, 2.75) is 12.8 Å². The third kappa shape index (κ3) is 2.61. The van der Waals surface area contributed by atoms with Crippen molar-refractivity contribution in [1.82, 2.24) is 4.98 Å². The molecule has 0 spiro atoms. The molecule has 0 saturated carbocycles. The Hall–Kier alpha value is -0.900. The number of carbonyl (C=O) groups excluding carboxylic acids is 1. The quantitative estimate of drug-likeness (QED) is 0.558. The van der Waals surface area contributed by atoms with Crippen molar-refractivity contribution in [3.05, 3.63) is 42.1 Å². The van der Waals surface area contributed by atoms with Crippen LogP contribution in [-0.4, -0.2) is 11.0 Å². The number of hydrogen-bond donors (Lipinski definition) is 0. The van der Waals surface area contributed by atoms with Crippen LogP contribution in [0, 0.1) is 0 Å². The molecule has 0 fully saturated rings. The largest absolute Gasteiger partial charge is 1.00 e. The van der Waals surface area contributed by atoms with Gasteiger partial charge in [0.2, 0.25) is 0 Å². The van der Waals surface area contributed by atoms with Gasteiger partial charge in [-0.25, -0.2) is 0 Å². The molecule has 0 N–H and O–H groups in total. The molecule has 76 valence electrons. The van der Waals surface area contributed by atoms with Crippen molar-refractivity contribution in [1.29, 1.82) is 0 Å². The number of carbonyl (C=O) groups is 1. The SMILES string of the molecule is CC(C(=O)[O-])c1ccc2ccccc2n1.[Na+]. The summed E-state index contributed by atoms with van der Waals surface area (Å²) in [4.78, 5) is 15.0. The van der Waals surface area contributed by atoms with Crippen LogP contribution in [0.15, 0.2) is 36.4 Å². The maximum Gasteiger partial charge on any atom is 1.00 e. The number of para-hydroxylation sites is 1. The number of aromatic nitrogens is 1. The van der Waals surface area contributed by atoms with Gasteiger partial charge in [0.1, 0.15) is 0 Å². The average Bonchev–Trinajstić information content (AvgIpc) is 2.27. The van der Waals surface area contributed by atoms with Crippen LogP contribution < -0.4 is 34.7 Å². The van der Waals surface area contributed by atoms with E-state index in [1.165, 1.54) is 0 Å². The van der Waals surface area contributed by atoms with Crippen molar-refractivity contribution in [2.75, 3.05) is 0 Å². The summed E-state index contributed by atoms with van der Waals surface area (Å²) in [5, 5.41) is 11.7. The summed E-state index contributed by atoms with van der Waals surface area (Å²) < 4.78 is 0. The molecule has 1 atom stereocenters. The van der Waals surface area contributed by atoms with Gasteiger partial charge < -0.3 is 9.90 Å². The maximum absolute atomic E-state index is 10.7. The fourth-order valence-electron chi connectivity index (χ4n) is 1.44. The molecule has 0 radical (unpaired) electrons. The number of rotatable bonds is 2.